The third-order valence-corrected chi connectivity index (χ3v) is 5.03. The topological polar surface area (TPSA) is 50.5 Å². The van der Waals surface area contributed by atoms with E-state index in [1.807, 2.05) is 48.5 Å². The van der Waals surface area contributed by atoms with Crippen LogP contribution in [0.25, 0.3) is 10.9 Å². The lowest BCUT2D eigenvalue weighted by molar-refractivity contribution is 0.213. The number of benzene rings is 2. The van der Waals surface area contributed by atoms with Crippen LogP contribution in [-0.4, -0.2) is 33.9 Å². The number of hydrogen-bond donors (Lipinski definition) is 0. The molecule has 2 heterocycles. The van der Waals surface area contributed by atoms with Crippen LogP contribution in [0.2, 0.25) is 0 Å². The van der Waals surface area contributed by atoms with Crippen LogP contribution in [0.4, 0.5) is 0 Å². The van der Waals surface area contributed by atoms with Crippen LogP contribution < -0.4 is 5.56 Å². The third-order valence-electron chi connectivity index (χ3n) is 5.03. The molecule has 3 aromatic rings. The minimum Gasteiger partial charge on any atom is -0.296 e. The van der Waals surface area contributed by atoms with Crippen molar-refractivity contribution in [3.05, 3.63) is 75.8 Å². The highest BCUT2D eigenvalue weighted by Gasteiger charge is 2.16. The molecule has 4 rings (SSSR count). The molecule has 1 saturated heterocycles. The van der Waals surface area contributed by atoms with Gasteiger partial charge in [-0.25, -0.2) is 4.98 Å². The number of rotatable bonds is 4. The number of aryl methyl sites for hydroxylation is 1. The van der Waals surface area contributed by atoms with Crippen molar-refractivity contribution in [3.8, 4) is 0 Å². The second-order valence-electron chi connectivity index (χ2n) is 7.15. The van der Waals surface area contributed by atoms with Gasteiger partial charge >= 0.3 is 0 Å². The van der Waals surface area contributed by atoms with E-state index in [0.29, 0.717) is 17.8 Å². The molecule has 0 amide bonds. The second-order valence-corrected chi connectivity index (χ2v) is 7.15. The highest BCUT2D eigenvalue weighted by Crippen LogP contribution is 2.14. The molecule has 0 aliphatic carbocycles. The Labute approximate surface area is 159 Å². The van der Waals surface area contributed by atoms with Crippen molar-refractivity contribution >= 4 is 17.1 Å². The van der Waals surface area contributed by atoms with E-state index in [1.54, 1.807) is 6.21 Å². The van der Waals surface area contributed by atoms with Gasteiger partial charge in [0.1, 0.15) is 5.82 Å². The predicted octanol–water partition coefficient (Wildman–Crippen LogP) is 3.57. The first-order chi connectivity index (χ1) is 13.2. The van der Waals surface area contributed by atoms with Gasteiger partial charge in [0.15, 0.2) is 0 Å². The number of nitrogens with zero attached hydrogens (tertiary/aromatic N) is 4. The Hall–Kier alpha value is -2.79. The predicted molar refractivity (Wildman–Crippen MR) is 109 cm³/mol. The summed E-state index contributed by atoms with van der Waals surface area (Å²) in [6, 6.07) is 15.6. The molecule has 1 aliphatic rings. The van der Waals surface area contributed by atoms with Crippen LogP contribution >= 0.6 is 0 Å². The summed E-state index contributed by atoms with van der Waals surface area (Å²) in [6.07, 6.45) is 5.41. The average Bonchev–Trinajstić information content (AvgIpc) is 2.70. The number of piperidine rings is 1. The molecule has 27 heavy (non-hydrogen) atoms. The van der Waals surface area contributed by atoms with Gasteiger partial charge in [-0.1, -0.05) is 48.4 Å². The largest absolute Gasteiger partial charge is 0.296 e. The Morgan fingerprint density at radius 3 is 2.56 bits per heavy atom. The van der Waals surface area contributed by atoms with Gasteiger partial charge < -0.3 is 0 Å². The maximum Gasteiger partial charge on any atom is 0.282 e. The third kappa shape index (κ3) is 3.98. The minimum atomic E-state index is -0.115. The number of aromatic nitrogens is 2. The van der Waals surface area contributed by atoms with Gasteiger partial charge in [-0.15, -0.1) is 0 Å². The van der Waals surface area contributed by atoms with E-state index in [1.165, 1.54) is 29.5 Å². The van der Waals surface area contributed by atoms with Gasteiger partial charge in [0.25, 0.3) is 5.56 Å². The van der Waals surface area contributed by atoms with E-state index < -0.39 is 0 Å². The van der Waals surface area contributed by atoms with Crippen LogP contribution in [0.15, 0.2) is 58.4 Å². The summed E-state index contributed by atoms with van der Waals surface area (Å²) in [6.45, 7) is 4.79. The Kier molecular flexibility index (Phi) is 5.12. The molecule has 1 aliphatic heterocycles. The smallest absolute Gasteiger partial charge is 0.282 e. The van der Waals surface area contributed by atoms with Crippen molar-refractivity contribution in [2.75, 3.05) is 13.1 Å². The zero-order chi connectivity index (χ0) is 18.6. The van der Waals surface area contributed by atoms with Crippen LogP contribution in [0.5, 0.6) is 0 Å². The molecule has 2 aromatic carbocycles. The van der Waals surface area contributed by atoms with Crippen molar-refractivity contribution in [2.24, 2.45) is 5.10 Å². The first-order valence-electron chi connectivity index (χ1n) is 9.55. The number of fused-ring (bicyclic) bond motifs is 1. The Balaban J connectivity index is 1.75. The fraction of sp³-hybridized carbons (Fsp3) is 0.318. The summed E-state index contributed by atoms with van der Waals surface area (Å²) in [7, 11) is 0. The summed E-state index contributed by atoms with van der Waals surface area (Å²) in [5.74, 6) is 0.698. The SMILES string of the molecule is Cc1ccc(C=Nn2c(CN3CCCCC3)nc3ccccc3c2=O)cc1. The van der Waals surface area contributed by atoms with Crippen LogP contribution in [-0.2, 0) is 6.54 Å². The molecule has 0 saturated carbocycles. The number of hydrogen-bond acceptors (Lipinski definition) is 4. The fourth-order valence-electron chi connectivity index (χ4n) is 3.49. The highest BCUT2D eigenvalue weighted by molar-refractivity contribution is 5.80. The normalized spacial score (nSPS) is 15.6. The van der Waals surface area contributed by atoms with Crippen LogP contribution in [0, 0.1) is 6.92 Å². The Bertz CT molecular complexity index is 1010. The lowest BCUT2D eigenvalue weighted by Crippen LogP contribution is -2.33. The zero-order valence-corrected chi connectivity index (χ0v) is 15.6. The van der Waals surface area contributed by atoms with E-state index in [2.05, 4.69) is 16.9 Å². The maximum absolute atomic E-state index is 13.1. The van der Waals surface area contributed by atoms with Crippen molar-refractivity contribution in [3.63, 3.8) is 0 Å². The van der Waals surface area contributed by atoms with E-state index in [9.17, 15) is 4.79 Å². The Morgan fingerprint density at radius 2 is 1.78 bits per heavy atom. The zero-order valence-electron chi connectivity index (χ0n) is 15.6. The molecule has 0 unspecified atom stereocenters. The van der Waals surface area contributed by atoms with Crippen molar-refractivity contribution in [1.82, 2.24) is 14.6 Å². The van der Waals surface area contributed by atoms with E-state index in [0.717, 1.165) is 24.2 Å². The number of para-hydroxylation sites is 1. The van der Waals surface area contributed by atoms with E-state index in [4.69, 9.17) is 4.98 Å². The lowest BCUT2D eigenvalue weighted by atomic mass is 10.1. The molecule has 5 heteroatoms. The van der Waals surface area contributed by atoms with Gasteiger partial charge in [0.05, 0.1) is 23.7 Å². The molecule has 0 atom stereocenters. The first kappa shape index (κ1) is 17.6. The van der Waals surface area contributed by atoms with Crippen molar-refractivity contribution in [1.29, 1.82) is 0 Å². The average molecular weight is 360 g/mol. The van der Waals surface area contributed by atoms with E-state index >= 15 is 0 Å². The summed E-state index contributed by atoms with van der Waals surface area (Å²) >= 11 is 0. The lowest BCUT2D eigenvalue weighted by Gasteiger charge is -2.26. The summed E-state index contributed by atoms with van der Waals surface area (Å²) in [4.78, 5) is 20.2. The first-order valence-corrected chi connectivity index (χ1v) is 9.55. The van der Waals surface area contributed by atoms with Gasteiger partial charge in [0.2, 0.25) is 0 Å². The monoisotopic (exact) mass is 360 g/mol. The quantitative estimate of drug-likeness (QED) is 0.668. The Morgan fingerprint density at radius 1 is 1.04 bits per heavy atom. The molecular formula is C22H24N4O. The van der Waals surface area contributed by atoms with Gasteiger partial charge in [-0.3, -0.25) is 9.69 Å². The summed E-state index contributed by atoms with van der Waals surface area (Å²) < 4.78 is 1.47. The van der Waals surface area contributed by atoms with Crippen LogP contribution in [0.3, 0.4) is 0 Å². The molecule has 0 radical (unpaired) electrons. The summed E-state index contributed by atoms with van der Waals surface area (Å²) in [5, 5.41) is 5.11. The van der Waals surface area contributed by atoms with Crippen molar-refractivity contribution < 1.29 is 0 Å². The molecule has 1 fully saturated rings. The molecular weight excluding hydrogens is 336 g/mol. The second kappa shape index (κ2) is 7.84. The fourth-order valence-corrected chi connectivity index (χ4v) is 3.49. The summed E-state index contributed by atoms with van der Waals surface area (Å²) in [5.41, 5.74) is 2.78. The highest BCUT2D eigenvalue weighted by atomic mass is 16.1. The molecule has 1 aromatic heterocycles. The standard InChI is InChI=1S/C22H24N4O/c1-17-9-11-18(12-10-17)15-23-26-21(16-25-13-5-2-6-14-25)24-20-8-4-3-7-19(20)22(26)27/h3-4,7-12,15H,2,5-6,13-14,16H2,1H3. The number of likely N-dealkylation sites (tertiary alicyclic amines) is 1. The van der Waals surface area contributed by atoms with Gasteiger partial charge in [-0.2, -0.15) is 9.78 Å². The molecule has 138 valence electrons. The van der Waals surface area contributed by atoms with Gasteiger partial charge in [-0.05, 0) is 50.6 Å². The molecule has 0 spiro atoms. The van der Waals surface area contributed by atoms with Crippen molar-refractivity contribution in [2.45, 2.75) is 32.7 Å². The van der Waals surface area contributed by atoms with Gasteiger partial charge in [0, 0.05) is 0 Å². The van der Waals surface area contributed by atoms with Crippen LogP contribution in [0.1, 0.15) is 36.2 Å². The minimum absolute atomic E-state index is 0.115. The molecule has 0 N–H and O–H groups in total. The molecule has 5 nitrogen and oxygen atoms in total. The maximum atomic E-state index is 13.1. The molecule has 0 bridgehead atoms. The van der Waals surface area contributed by atoms with E-state index in [-0.39, 0.29) is 5.56 Å².